The summed E-state index contributed by atoms with van der Waals surface area (Å²) in [7, 11) is 1.51. The fourth-order valence-electron chi connectivity index (χ4n) is 1.59. The zero-order chi connectivity index (χ0) is 15.8. The maximum atomic E-state index is 11.8. The molecule has 2 amide bonds. The molecule has 0 fully saturated rings. The van der Waals surface area contributed by atoms with E-state index in [9.17, 15) is 14.4 Å². The number of aromatic carboxylic acids is 1. The van der Waals surface area contributed by atoms with Gasteiger partial charge in [-0.3, -0.25) is 9.59 Å². The van der Waals surface area contributed by atoms with Gasteiger partial charge in [0.2, 0.25) is 5.91 Å². The Bertz CT molecular complexity index is 523. The average molecular weight is 298 g/mol. The van der Waals surface area contributed by atoms with E-state index in [1.807, 2.05) is 0 Å². The van der Waals surface area contributed by atoms with Crippen molar-refractivity contribution in [1.82, 2.24) is 10.6 Å². The number of carboxylic acids is 1. The number of furan rings is 1. The summed E-state index contributed by atoms with van der Waals surface area (Å²) in [6.07, 6.45) is 0.354. The Labute approximate surface area is 121 Å². The average Bonchev–Trinajstić information content (AvgIpc) is 2.89. The molecule has 116 valence electrons. The third-order valence-electron chi connectivity index (χ3n) is 2.62. The normalized spacial score (nSPS) is 10.2. The maximum absolute atomic E-state index is 11.8. The van der Waals surface area contributed by atoms with Gasteiger partial charge in [0, 0.05) is 26.1 Å². The molecule has 0 bridgehead atoms. The van der Waals surface area contributed by atoms with Gasteiger partial charge in [-0.15, -0.1) is 0 Å². The largest absolute Gasteiger partial charge is 0.478 e. The lowest BCUT2D eigenvalue weighted by Gasteiger charge is -2.05. The highest BCUT2D eigenvalue weighted by atomic mass is 16.5. The van der Waals surface area contributed by atoms with Gasteiger partial charge in [-0.25, -0.2) is 4.79 Å². The third kappa shape index (κ3) is 4.92. The van der Waals surface area contributed by atoms with E-state index in [4.69, 9.17) is 14.3 Å². The summed E-state index contributed by atoms with van der Waals surface area (Å²) in [5, 5.41) is 13.8. The summed E-state index contributed by atoms with van der Waals surface area (Å²) >= 11 is 0. The van der Waals surface area contributed by atoms with Crippen LogP contribution in [0.3, 0.4) is 0 Å². The van der Waals surface area contributed by atoms with Gasteiger partial charge in [-0.05, 0) is 0 Å². The summed E-state index contributed by atoms with van der Waals surface area (Å²) in [6, 6.07) is 1.15. The molecule has 1 aromatic rings. The Morgan fingerprint density at radius 3 is 2.57 bits per heavy atom. The fourth-order valence-corrected chi connectivity index (χ4v) is 1.59. The van der Waals surface area contributed by atoms with Gasteiger partial charge in [0.15, 0.2) is 5.76 Å². The number of hydrogen-bond donors (Lipinski definition) is 3. The first-order valence-electron chi connectivity index (χ1n) is 6.39. The van der Waals surface area contributed by atoms with Crippen LogP contribution in [0.2, 0.25) is 0 Å². The number of methoxy groups -OCH3 is 1. The number of carboxylic acid groups (broad SMARTS) is 1. The van der Waals surface area contributed by atoms with E-state index in [1.54, 1.807) is 6.92 Å². The van der Waals surface area contributed by atoms with E-state index in [1.165, 1.54) is 7.11 Å². The molecule has 0 aliphatic heterocycles. The highest BCUT2D eigenvalue weighted by molar-refractivity contribution is 5.97. The molecule has 0 spiro atoms. The summed E-state index contributed by atoms with van der Waals surface area (Å²) in [5.41, 5.74) is -0.0489. The van der Waals surface area contributed by atoms with Crippen LogP contribution in [-0.4, -0.2) is 49.7 Å². The first kappa shape index (κ1) is 16.7. The SMILES string of the molecule is CCc1oc(C(=O)NCC(=O)NCCOC)cc1C(=O)O. The van der Waals surface area contributed by atoms with Crippen LogP contribution in [0, 0.1) is 0 Å². The number of nitrogens with one attached hydrogen (secondary N) is 2. The van der Waals surface area contributed by atoms with Crippen LogP contribution in [0.4, 0.5) is 0 Å². The van der Waals surface area contributed by atoms with Crippen molar-refractivity contribution in [3.8, 4) is 0 Å². The predicted octanol–water partition coefficient (Wildman–Crippen LogP) is 0.0326. The van der Waals surface area contributed by atoms with Crippen LogP contribution in [0.1, 0.15) is 33.6 Å². The molecule has 0 saturated heterocycles. The Kier molecular flexibility index (Phi) is 6.41. The van der Waals surface area contributed by atoms with Crippen LogP contribution >= 0.6 is 0 Å². The van der Waals surface area contributed by atoms with Gasteiger partial charge >= 0.3 is 5.97 Å². The summed E-state index contributed by atoms with van der Waals surface area (Å²) < 4.78 is 9.94. The summed E-state index contributed by atoms with van der Waals surface area (Å²) in [4.78, 5) is 34.1. The maximum Gasteiger partial charge on any atom is 0.339 e. The number of amides is 2. The molecule has 0 aromatic carbocycles. The molecular formula is C13H18N2O6. The first-order valence-corrected chi connectivity index (χ1v) is 6.39. The number of ether oxygens (including phenoxy) is 1. The Hall–Kier alpha value is -2.35. The van der Waals surface area contributed by atoms with Gasteiger partial charge in [0.1, 0.15) is 11.3 Å². The number of aryl methyl sites for hydroxylation is 1. The molecule has 3 N–H and O–H groups in total. The minimum absolute atomic E-state index is 0.0489. The van der Waals surface area contributed by atoms with Crippen molar-refractivity contribution in [3.63, 3.8) is 0 Å². The lowest BCUT2D eigenvalue weighted by atomic mass is 10.2. The molecule has 1 aromatic heterocycles. The first-order chi connectivity index (χ1) is 9.99. The van der Waals surface area contributed by atoms with Crippen LogP contribution in [0.15, 0.2) is 10.5 Å². The lowest BCUT2D eigenvalue weighted by Crippen LogP contribution is -2.38. The molecule has 21 heavy (non-hydrogen) atoms. The van der Waals surface area contributed by atoms with E-state index in [2.05, 4.69) is 10.6 Å². The molecule has 1 rings (SSSR count). The third-order valence-corrected chi connectivity index (χ3v) is 2.62. The van der Waals surface area contributed by atoms with E-state index in [0.717, 1.165) is 6.07 Å². The van der Waals surface area contributed by atoms with Gasteiger partial charge in [-0.2, -0.15) is 0 Å². The molecular weight excluding hydrogens is 280 g/mol. The number of carbonyl (C=O) groups excluding carboxylic acids is 2. The Morgan fingerprint density at radius 1 is 1.33 bits per heavy atom. The van der Waals surface area contributed by atoms with Gasteiger partial charge in [0.05, 0.1) is 13.2 Å². The fraction of sp³-hybridized carbons (Fsp3) is 0.462. The second-order valence-electron chi connectivity index (χ2n) is 4.13. The minimum Gasteiger partial charge on any atom is -0.478 e. The number of carbonyl (C=O) groups is 3. The highest BCUT2D eigenvalue weighted by Crippen LogP contribution is 2.16. The molecule has 0 aliphatic carbocycles. The minimum atomic E-state index is -1.16. The number of rotatable bonds is 8. The van der Waals surface area contributed by atoms with Crippen molar-refractivity contribution in [2.75, 3.05) is 26.8 Å². The van der Waals surface area contributed by atoms with E-state index >= 15 is 0 Å². The second kappa shape index (κ2) is 8.05. The van der Waals surface area contributed by atoms with Crippen molar-refractivity contribution >= 4 is 17.8 Å². The molecule has 8 nitrogen and oxygen atoms in total. The van der Waals surface area contributed by atoms with Crippen LogP contribution in [-0.2, 0) is 16.0 Å². The summed E-state index contributed by atoms with van der Waals surface area (Å²) in [5.74, 6) is -2.08. The zero-order valence-electron chi connectivity index (χ0n) is 11.9. The summed E-state index contributed by atoms with van der Waals surface area (Å²) in [6.45, 7) is 2.21. The van der Waals surface area contributed by atoms with Crippen molar-refractivity contribution in [2.24, 2.45) is 0 Å². The highest BCUT2D eigenvalue weighted by Gasteiger charge is 2.20. The van der Waals surface area contributed by atoms with E-state index < -0.39 is 11.9 Å². The Balaban J connectivity index is 2.56. The van der Waals surface area contributed by atoms with Gasteiger partial charge in [0.25, 0.3) is 5.91 Å². The zero-order valence-corrected chi connectivity index (χ0v) is 11.9. The molecule has 0 unspecified atom stereocenters. The van der Waals surface area contributed by atoms with Crippen LogP contribution in [0.25, 0.3) is 0 Å². The molecule has 8 heteroatoms. The molecule has 0 atom stereocenters. The molecule has 0 aliphatic rings. The quantitative estimate of drug-likeness (QED) is 0.583. The lowest BCUT2D eigenvalue weighted by molar-refractivity contribution is -0.120. The standard InChI is InChI=1S/C13H18N2O6/c1-3-9-8(13(18)19)6-10(21-9)12(17)15-7-11(16)14-4-5-20-2/h6H,3-5,7H2,1-2H3,(H,14,16)(H,15,17)(H,18,19). The molecule has 0 radical (unpaired) electrons. The topological polar surface area (TPSA) is 118 Å². The van der Waals surface area contributed by atoms with Crippen LogP contribution in [0.5, 0.6) is 0 Å². The molecule has 1 heterocycles. The molecule has 0 saturated carbocycles. The van der Waals surface area contributed by atoms with Crippen molar-refractivity contribution in [2.45, 2.75) is 13.3 Å². The van der Waals surface area contributed by atoms with E-state index in [-0.39, 0.29) is 29.5 Å². The smallest absolute Gasteiger partial charge is 0.339 e. The monoisotopic (exact) mass is 298 g/mol. The van der Waals surface area contributed by atoms with Gasteiger partial charge < -0.3 is 24.9 Å². The second-order valence-corrected chi connectivity index (χ2v) is 4.13. The van der Waals surface area contributed by atoms with Crippen molar-refractivity contribution < 1.29 is 28.6 Å². The predicted molar refractivity (Wildman–Crippen MR) is 72.3 cm³/mol. The Morgan fingerprint density at radius 2 is 2.05 bits per heavy atom. The number of hydrogen-bond acceptors (Lipinski definition) is 5. The van der Waals surface area contributed by atoms with E-state index in [0.29, 0.717) is 19.6 Å². The van der Waals surface area contributed by atoms with Crippen LogP contribution < -0.4 is 10.6 Å². The van der Waals surface area contributed by atoms with Crippen molar-refractivity contribution in [3.05, 3.63) is 23.2 Å². The van der Waals surface area contributed by atoms with Gasteiger partial charge in [-0.1, -0.05) is 6.92 Å². The van der Waals surface area contributed by atoms with Crippen molar-refractivity contribution in [1.29, 1.82) is 0 Å².